The van der Waals surface area contributed by atoms with Crippen molar-refractivity contribution in [3.05, 3.63) is 65.4 Å². The zero-order valence-electron chi connectivity index (χ0n) is 13.1. The summed E-state index contributed by atoms with van der Waals surface area (Å²) in [6, 6.07) is 12.1. The molecule has 0 amide bonds. The average molecular weight is 306 g/mol. The fourth-order valence-electron chi connectivity index (χ4n) is 2.95. The van der Waals surface area contributed by atoms with Crippen LogP contribution in [-0.4, -0.2) is 26.6 Å². The van der Waals surface area contributed by atoms with Crippen LogP contribution in [0.25, 0.3) is 11.3 Å². The summed E-state index contributed by atoms with van der Waals surface area (Å²) in [7, 11) is 0. The Hall–Kier alpha value is -2.53. The second-order valence-electron chi connectivity index (χ2n) is 5.90. The summed E-state index contributed by atoms with van der Waals surface area (Å²) in [6.07, 6.45) is 2.94. The van der Waals surface area contributed by atoms with Crippen LogP contribution >= 0.6 is 0 Å². The van der Waals surface area contributed by atoms with Gasteiger partial charge in [0.25, 0.3) is 0 Å². The first kappa shape index (κ1) is 14.1. The first-order valence-electron chi connectivity index (χ1n) is 7.83. The Kier molecular flexibility index (Phi) is 3.63. The third kappa shape index (κ3) is 3.00. The van der Waals surface area contributed by atoms with Crippen molar-refractivity contribution in [1.29, 1.82) is 0 Å². The van der Waals surface area contributed by atoms with Crippen molar-refractivity contribution < 1.29 is 4.52 Å². The molecular formula is C18H18N4O. The number of benzene rings is 1. The van der Waals surface area contributed by atoms with Gasteiger partial charge in [0, 0.05) is 37.5 Å². The summed E-state index contributed by atoms with van der Waals surface area (Å²) >= 11 is 0. The summed E-state index contributed by atoms with van der Waals surface area (Å²) in [5, 5.41) is 4.21. The summed E-state index contributed by atoms with van der Waals surface area (Å²) in [5.74, 6) is 1.65. The molecule has 0 bridgehead atoms. The van der Waals surface area contributed by atoms with Crippen LogP contribution in [0.4, 0.5) is 0 Å². The zero-order valence-corrected chi connectivity index (χ0v) is 13.1. The molecule has 0 N–H and O–H groups in total. The van der Waals surface area contributed by atoms with Crippen LogP contribution in [0.5, 0.6) is 0 Å². The van der Waals surface area contributed by atoms with Crippen LogP contribution in [0.2, 0.25) is 0 Å². The smallest absolute Gasteiger partial charge is 0.167 e. The third-order valence-electron chi connectivity index (χ3n) is 4.15. The van der Waals surface area contributed by atoms with E-state index in [1.54, 1.807) is 0 Å². The molecule has 1 aliphatic heterocycles. The van der Waals surface area contributed by atoms with Gasteiger partial charge >= 0.3 is 0 Å². The fraction of sp³-hybridized carbons (Fsp3) is 0.278. The van der Waals surface area contributed by atoms with Crippen molar-refractivity contribution >= 4 is 0 Å². The van der Waals surface area contributed by atoms with E-state index in [1.165, 1.54) is 5.56 Å². The van der Waals surface area contributed by atoms with E-state index in [0.29, 0.717) is 0 Å². The van der Waals surface area contributed by atoms with Crippen molar-refractivity contribution in [1.82, 2.24) is 20.0 Å². The number of hydrogen-bond acceptors (Lipinski definition) is 5. The predicted octanol–water partition coefficient (Wildman–Crippen LogP) is 3.00. The number of hydrogen-bond donors (Lipinski definition) is 0. The monoisotopic (exact) mass is 306 g/mol. The van der Waals surface area contributed by atoms with Crippen LogP contribution in [0, 0.1) is 6.92 Å². The van der Waals surface area contributed by atoms with Crippen LogP contribution in [-0.2, 0) is 19.5 Å². The number of nitrogens with zero attached hydrogens (tertiary/aromatic N) is 4. The molecule has 4 rings (SSSR count). The molecule has 3 aromatic rings. The molecule has 1 aliphatic rings. The number of aromatic nitrogens is 3. The van der Waals surface area contributed by atoms with Gasteiger partial charge in [-0.2, -0.15) is 0 Å². The van der Waals surface area contributed by atoms with Gasteiger partial charge in [0.05, 0.1) is 11.4 Å². The summed E-state index contributed by atoms with van der Waals surface area (Å²) < 4.78 is 5.48. The van der Waals surface area contributed by atoms with Crippen molar-refractivity contribution in [2.45, 2.75) is 26.4 Å². The van der Waals surface area contributed by atoms with Crippen LogP contribution in [0.1, 0.15) is 22.8 Å². The Morgan fingerprint density at radius 1 is 1.22 bits per heavy atom. The quantitative estimate of drug-likeness (QED) is 0.744. The molecule has 0 atom stereocenters. The highest BCUT2D eigenvalue weighted by atomic mass is 16.5. The molecule has 0 unspecified atom stereocenters. The molecule has 0 aliphatic carbocycles. The van der Waals surface area contributed by atoms with Crippen LogP contribution in [0.15, 0.2) is 47.1 Å². The van der Waals surface area contributed by atoms with E-state index in [9.17, 15) is 0 Å². The van der Waals surface area contributed by atoms with E-state index in [1.807, 2.05) is 49.5 Å². The molecule has 5 heteroatoms. The largest absolute Gasteiger partial charge is 0.356 e. The van der Waals surface area contributed by atoms with Gasteiger partial charge in [0.1, 0.15) is 5.82 Å². The van der Waals surface area contributed by atoms with Crippen LogP contribution in [0.3, 0.4) is 0 Å². The van der Waals surface area contributed by atoms with Gasteiger partial charge in [0.15, 0.2) is 5.76 Å². The lowest BCUT2D eigenvalue weighted by Crippen LogP contribution is -2.31. The molecule has 1 aromatic carbocycles. The highest BCUT2D eigenvalue weighted by Gasteiger charge is 2.19. The van der Waals surface area contributed by atoms with Gasteiger partial charge in [-0.15, -0.1) is 0 Å². The molecule has 0 spiro atoms. The van der Waals surface area contributed by atoms with Gasteiger partial charge < -0.3 is 4.52 Å². The molecule has 0 saturated carbocycles. The SMILES string of the molecule is Cc1ncc2c(n1)CN(Cc1cc(-c3ccccc3)on1)CC2. The van der Waals surface area contributed by atoms with E-state index in [-0.39, 0.29) is 0 Å². The number of rotatable bonds is 3. The molecule has 2 aromatic heterocycles. The van der Waals surface area contributed by atoms with Crippen molar-refractivity contribution in [2.24, 2.45) is 0 Å². The zero-order chi connectivity index (χ0) is 15.6. The highest BCUT2D eigenvalue weighted by Crippen LogP contribution is 2.22. The van der Waals surface area contributed by atoms with E-state index >= 15 is 0 Å². The average Bonchev–Trinajstić information content (AvgIpc) is 3.04. The second-order valence-corrected chi connectivity index (χ2v) is 5.90. The number of fused-ring (bicyclic) bond motifs is 1. The number of aryl methyl sites for hydroxylation is 1. The molecular weight excluding hydrogens is 288 g/mol. The lowest BCUT2D eigenvalue weighted by molar-refractivity contribution is 0.233. The van der Waals surface area contributed by atoms with Crippen molar-refractivity contribution in [3.8, 4) is 11.3 Å². The topological polar surface area (TPSA) is 55.1 Å². The maximum Gasteiger partial charge on any atom is 0.167 e. The Morgan fingerprint density at radius 3 is 2.96 bits per heavy atom. The first-order chi connectivity index (χ1) is 11.3. The van der Waals surface area contributed by atoms with E-state index < -0.39 is 0 Å². The van der Waals surface area contributed by atoms with Gasteiger partial charge in [-0.3, -0.25) is 4.90 Å². The van der Waals surface area contributed by atoms with Crippen molar-refractivity contribution in [3.63, 3.8) is 0 Å². The van der Waals surface area contributed by atoms with Gasteiger partial charge in [-0.05, 0) is 18.9 Å². The minimum atomic E-state index is 0.777. The minimum absolute atomic E-state index is 0.777. The van der Waals surface area contributed by atoms with E-state index in [2.05, 4.69) is 20.0 Å². The molecule has 0 radical (unpaired) electrons. The molecule has 23 heavy (non-hydrogen) atoms. The Balaban J connectivity index is 1.48. The predicted molar refractivity (Wildman–Crippen MR) is 86.5 cm³/mol. The van der Waals surface area contributed by atoms with Gasteiger partial charge in [-0.1, -0.05) is 35.5 Å². The lowest BCUT2D eigenvalue weighted by atomic mass is 10.1. The maximum atomic E-state index is 5.48. The first-order valence-corrected chi connectivity index (χ1v) is 7.83. The third-order valence-corrected chi connectivity index (χ3v) is 4.15. The van der Waals surface area contributed by atoms with Gasteiger partial charge in [0.2, 0.25) is 0 Å². The molecule has 5 nitrogen and oxygen atoms in total. The maximum absolute atomic E-state index is 5.48. The van der Waals surface area contributed by atoms with E-state index in [4.69, 9.17) is 4.52 Å². The Morgan fingerprint density at radius 2 is 2.09 bits per heavy atom. The summed E-state index contributed by atoms with van der Waals surface area (Å²) in [6.45, 7) is 4.54. The summed E-state index contributed by atoms with van der Waals surface area (Å²) in [5.41, 5.74) is 4.41. The van der Waals surface area contributed by atoms with E-state index in [0.717, 1.165) is 54.6 Å². The molecule has 116 valence electrons. The molecule has 0 saturated heterocycles. The second kappa shape index (κ2) is 5.93. The van der Waals surface area contributed by atoms with Gasteiger partial charge in [-0.25, -0.2) is 9.97 Å². The lowest BCUT2D eigenvalue weighted by Gasteiger charge is -2.26. The summed E-state index contributed by atoms with van der Waals surface area (Å²) in [4.78, 5) is 11.2. The molecule has 0 fully saturated rings. The fourth-order valence-corrected chi connectivity index (χ4v) is 2.95. The minimum Gasteiger partial charge on any atom is -0.356 e. The standard InChI is InChI=1S/C18H18N4O/c1-13-19-10-15-7-8-22(12-17(15)20-13)11-16-9-18(23-21-16)14-5-3-2-4-6-14/h2-6,9-10H,7-8,11-12H2,1H3. The normalized spacial score (nSPS) is 14.7. The Labute approximate surface area is 135 Å². The van der Waals surface area contributed by atoms with Crippen molar-refractivity contribution in [2.75, 3.05) is 6.54 Å². The highest BCUT2D eigenvalue weighted by molar-refractivity contribution is 5.56. The molecule has 3 heterocycles. The Bertz CT molecular complexity index is 813. The van der Waals surface area contributed by atoms with Crippen LogP contribution < -0.4 is 0 Å².